The molecule has 1 aromatic carbocycles. The Morgan fingerprint density at radius 2 is 1.84 bits per heavy atom. The van der Waals surface area contributed by atoms with Crippen molar-refractivity contribution < 1.29 is 23.1 Å². The quantitative estimate of drug-likeness (QED) is 0.731. The van der Waals surface area contributed by atoms with Gasteiger partial charge in [-0.1, -0.05) is 12.1 Å². The van der Waals surface area contributed by atoms with Crippen LogP contribution in [-0.4, -0.2) is 36.8 Å². The highest BCUT2D eigenvalue weighted by atomic mass is 19.4. The highest BCUT2D eigenvalue weighted by Crippen LogP contribution is 2.11. The molecular weight excluding hydrogens is 261 g/mol. The molecule has 0 aliphatic carbocycles. The van der Waals surface area contributed by atoms with Crippen molar-refractivity contribution in [3.05, 3.63) is 29.8 Å². The van der Waals surface area contributed by atoms with Crippen LogP contribution in [0.25, 0.3) is 0 Å². The number of aromatic hydroxyl groups is 1. The van der Waals surface area contributed by atoms with E-state index < -0.39 is 18.6 Å². The number of benzene rings is 1. The van der Waals surface area contributed by atoms with Crippen LogP contribution in [0.4, 0.5) is 13.2 Å². The van der Waals surface area contributed by atoms with Gasteiger partial charge in [-0.15, -0.1) is 0 Å². The molecule has 1 rings (SSSR count). The monoisotopic (exact) mass is 276 g/mol. The van der Waals surface area contributed by atoms with E-state index in [1.165, 1.54) is 12.1 Å². The number of nitrogens with one attached hydrogen (secondary N) is 2. The Morgan fingerprint density at radius 3 is 2.42 bits per heavy atom. The Labute approximate surface area is 108 Å². The van der Waals surface area contributed by atoms with Crippen LogP contribution in [0.3, 0.4) is 0 Å². The number of halogens is 3. The molecule has 0 spiro atoms. The number of amides is 1. The van der Waals surface area contributed by atoms with Gasteiger partial charge in [0.2, 0.25) is 5.91 Å². The predicted octanol–water partition coefficient (Wildman–Crippen LogP) is 1.20. The molecule has 7 heteroatoms. The molecule has 0 radical (unpaired) electrons. The first-order valence-corrected chi connectivity index (χ1v) is 5.69. The second kappa shape index (κ2) is 6.98. The van der Waals surface area contributed by atoms with E-state index in [1.807, 2.05) is 5.32 Å². The summed E-state index contributed by atoms with van der Waals surface area (Å²) in [6.07, 6.45) is -3.77. The molecule has 0 saturated carbocycles. The topological polar surface area (TPSA) is 61.4 Å². The minimum Gasteiger partial charge on any atom is -0.508 e. The number of phenols is 1. The third kappa shape index (κ3) is 7.30. The van der Waals surface area contributed by atoms with E-state index in [0.29, 0.717) is 13.0 Å². The van der Waals surface area contributed by atoms with Gasteiger partial charge in [-0.3, -0.25) is 4.79 Å². The fourth-order valence-corrected chi connectivity index (χ4v) is 1.39. The number of carbonyl (C=O) groups excluding carboxylic acids is 1. The number of hydrogen-bond donors (Lipinski definition) is 3. The van der Waals surface area contributed by atoms with E-state index in [0.717, 1.165) is 5.56 Å². The molecule has 0 atom stereocenters. The van der Waals surface area contributed by atoms with Gasteiger partial charge in [0.25, 0.3) is 0 Å². The van der Waals surface area contributed by atoms with E-state index >= 15 is 0 Å². The number of hydrogen-bond acceptors (Lipinski definition) is 3. The summed E-state index contributed by atoms with van der Waals surface area (Å²) in [5, 5.41) is 13.6. The smallest absolute Gasteiger partial charge is 0.401 e. The first kappa shape index (κ1) is 15.3. The fourth-order valence-electron chi connectivity index (χ4n) is 1.39. The molecule has 0 fully saturated rings. The van der Waals surface area contributed by atoms with Crippen LogP contribution in [-0.2, 0) is 11.2 Å². The van der Waals surface area contributed by atoms with Crippen LogP contribution in [0, 0.1) is 0 Å². The van der Waals surface area contributed by atoms with Crippen molar-refractivity contribution >= 4 is 5.91 Å². The van der Waals surface area contributed by atoms with E-state index in [-0.39, 0.29) is 12.3 Å². The van der Waals surface area contributed by atoms with Gasteiger partial charge in [-0.05, 0) is 24.1 Å². The first-order valence-electron chi connectivity index (χ1n) is 5.69. The van der Waals surface area contributed by atoms with E-state index in [4.69, 9.17) is 5.11 Å². The van der Waals surface area contributed by atoms with Crippen molar-refractivity contribution in [2.45, 2.75) is 12.6 Å². The van der Waals surface area contributed by atoms with Crippen LogP contribution >= 0.6 is 0 Å². The highest BCUT2D eigenvalue weighted by Gasteiger charge is 2.26. The van der Waals surface area contributed by atoms with Gasteiger partial charge in [0.15, 0.2) is 0 Å². The molecule has 3 N–H and O–H groups in total. The van der Waals surface area contributed by atoms with Crippen LogP contribution in [0.5, 0.6) is 5.75 Å². The molecule has 0 aliphatic heterocycles. The van der Waals surface area contributed by atoms with Gasteiger partial charge >= 0.3 is 6.18 Å². The van der Waals surface area contributed by atoms with E-state index in [2.05, 4.69) is 5.32 Å². The maximum atomic E-state index is 11.8. The Hall–Kier alpha value is -1.76. The lowest BCUT2D eigenvalue weighted by atomic mass is 10.1. The van der Waals surface area contributed by atoms with Crippen LogP contribution in [0.15, 0.2) is 24.3 Å². The number of rotatable bonds is 6. The zero-order chi connectivity index (χ0) is 14.3. The van der Waals surface area contributed by atoms with Crippen molar-refractivity contribution in [1.82, 2.24) is 10.6 Å². The molecular formula is C12H15F3N2O2. The molecule has 0 aromatic heterocycles. The lowest BCUT2D eigenvalue weighted by Gasteiger charge is -2.08. The Kier molecular flexibility index (Phi) is 5.62. The molecule has 106 valence electrons. The van der Waals surface area contributed by atoms with Crippen LogP contribution in [0.1, 0.15) is 5.56 Å². The van der Waals surface area contributed by atoms with Crippen molar-refractivity contribution in [2.24, 2.45) is 0 Å². The van der Waals surface area contributed by atoms with Crippen molar-refractivity contribution in [2.75, 3.05) is 19.6 Å². The largest absolute Gasteiger partial charge is 0.508 e. The average molecular weight is 276 g/mol. The summed E-state index contributed by atoms with van der Waals surface area (Å²) in [7, 11) is 0. The lowest BCUT2D eigenvalue weighted by Crippen LogP contribution is -2.38. The summed E-state index contributed by atoms with van der Waals surface area (Å²) in [5.41, 5.74) is 0.918. The average Bonchev–Trinajstić information content (AvgIpc) is 2.30. The summed E-state index contributed by atoms with van der Waals surface area (Å²) < 4.78 is 35.4. The third-order valence-electron chi connectivity index (χ3n) is 2.28. The third-order valence-corrected chi connectivity index (χ3v) is 2.28. The van der Waals surface area contributed by atoms with Gasteiger partial charge in [0, 0.05) is 6.54 Å². The molecule has 1 aromatic rings. The summed E-state index contributed by atoms with van der Waals surface area (Å²) in [5.74, 6) is -0.327. The fraction of sp³-hybridized carbons (Fsp3) is 0.417. The van der Waals surface area contributed by atoms with E-state index in [1.54, 1.807) is 12.1 Å². The number of carbonyl (C=O) groups is 1. The minimum atomic E-state index is -4.31. The maximum absolute atomic E-state index is 11.8. The van der Waals surface area contributed by atoms with Crippen molar-refractivity contribution in [1.29, 1.82) is 0 Å². The Balaban J connectivity index is 2.15. The van der Waals surface area contributed by atoms with Crippen molar-refractivity contribution in [3.63, 3.8) is 0 Å². The van der Waals surface area contributed by atoms with Crippen LogP contribution in [0.2, 0.25) is 0 Å². The summed E-state index contributed by atoms with van der Waals surface area (Å²) in [6, 6.07) is 6.48. The predicted molar refractivity (Wildman–Crippen MR) is 63.7 cm³/mol. The number of alkyl halides is 3. The molecule has 19 heavy (non-hydrogen) atoms. The zero-order valence-corrected chi connectivity index (χ0v) is 10.1. The molecule has 0 saturated heterocycles. The van der Waals surface area contributed by atoms with Crippen LogP contribution < -0.4 is 10.6 Å². The van der Waals surface area contributed by atoms with Gasteiger partial charge in [-0.25, -0.2) is 0 Å². The summed E-state index contributed by atoms with van der Waals surface area (Å²) in [4.78, 5) is 11.2. The lowest BCUT2D eigenvalue weighted by molar-refractivity contribution is -0.128. The molecule has 4 nitrogen and oxygen atoms in total. The van der Waals surface area contributed by atoms with Gasteiger partial charge in [0.1, 0.15) is 5.75 Å². The van der Waals surface area contributed by atoms with E-state index in [9.17, 15) is 18.0 Å². The van der Waals surface area contributed by atoms with Gasteiger partial charge in [0.05, 0.1) is 13.1 Å². The van der Waals surface area contributed by atoms with Crippen molar-refractivity contribution in [3.8, 4) is 5.75 Å². The molecule has 0 unspecified atom stereocenters. The summed E-state index contributed by atoms with van der Waals surface area (Å²) in [6.45, 7) is -1.22. The standard InChI is InChI=1S/C12H15F3N2O2/c13-12(14,15)8-16-7-11(19)17-6-5-9-1-3-10(18)4-2-9/h1-4,16,18H,5-8H2,(H,17,19). The second-order valence-electron chi connectivity index (χ2n) is 3.99. The molecule has 0 heterocycles. The Morgan fingerprint density at radius 1 is 1.21 bits per heavy atom. The summed E-state index contributed by atoms with van der Waals surface area (Å²) >= 11 is 0. The van der Waals surface area contributed by atoms with Gasteiger partial charge in [-0.2, -0.15) is 13.2 Å². The minimum absolute atomic E-state index is 0.157. The highest BCUT2D eigenvalue weighted by molar-refractivity contribution is 5.77. The molecule has 0 aliphatic rings. The normalized spacial score (nSPS) is 11.3. The Bertz CT molecular complexity index is 404. The molecule has 0 bridgehead atoms. The zero-order valence-electron chi connectivity index (χ0n) is 10.1. The second-order valence-corrected chi connectivity index (χ2v) is 3.99. The molecule has 1 amide bonds. The number of phenolic OH excluding ortho intramolecular Hbond substituents is 1. The SMILES string of the molecule is O=C(CNCC(F)(F)F)NCCc1ccc(O)cc1. The first-order chi connectivity index (χ1) is 8.87. The van der Waals surface area contributed by atoms with Gasteiger partial charge < -0.3 is 15.7 Å². The maximum Gasteiger partial charge on any atom is 0.401 e.